The van der Waals surface area contributed by atoms with Gasteiger partial charge in [-0.3, -0.25) is 4.79 Å². The number of rotatable bonds is 5. The molecule has 1 aliphatic rings. The van der Waals surface area contributed by atoms with E-state index in [9.17, 15) is 13.2 Å². The predicted octanol–water partition coefficient (Wildman–Crippen LogP) is 1.31. The van der Waals surface area contributed by atoms with Gasteiger partial charge in [0.1, 0.15) is 4.21 Å². The van der Waals surface area contributed by atoms with Crippen LogP contribution in [0.25, 0.3) is 0 Å². The van der Waals surface area contributed by atoms with E-state index < -0.39 is 15.6 Å². The second-order valence-electron chi connectivity index (χ2n) is 6.77. The average Bonchev–Trinajstić information content (AvgIpc) is 2.91. The quantitative estimate of drug-likeness (QED) is 0.829. The van der Waals surface area contributed by atoms with Gasteiger partial charge in [0.15, 0.2) is 0 Å². The van der Waals surface area contributed by atoms with Gasteiger partial charge < -0.3 is 11.1 Å². The number of carbonyl (C=O) groups is 1. The molecule has 130 valence electrons. The Bertz CT molecular complexity index is 662. The lowest BCUT2D eigenvalue weighted by Gasteiger charge is -2.31. The maximum absolute atomic E-state index is 12.7. The van der Waals surface area contributed by atoms with Crippen LogP contribution < -0.4 is 11.1 Å². The topological polar surface area (TPSA) is 92.5 Å². The number of hydrogen-bond acceptors (Lipinski definition) is 5. The van der Waals surface area contributed by atoms with Crippen molar-refractivity contribution in [2.75, 3.05) is 19.6 Å². The third-order valence-corrected chi connectivity index (χ3v) is 7.12. The van der Waals surface area contributed by atoms with Crippen molar-refractivity contribution in [1.29, 1.82) is 0 Å². The van der Waals surface area contributed by atoms with Crippen LogP contribution in [0.1, 0.15) is 31.6 Å². The van der Waals surface area contributed by atoms with Crippen LogP contribution in [-0.4, -0.2) is 43.8 Å². The number of hydrogen-bond donors (Lipinski definition) is 2. The van der Waals surface area contributed by atoms with Crippen molar-refractivity contribution in [3.8, 4) is 0 Å². The van der Waals surface area contributed by atoms with Crippen LogP contribution in [0.2, 0.25) is 0 Å². The van der Waals surface area contributed by atoms with Crippen LogP contribution in [0, 0.1) is 12.8 Å². The molecule has 1 unspecified atom stereocenters. The minimum Gasteiger partial charge on any atom is -0.354 e. The lowest BCUT2D eigenvalue weighted by Crippen LogP contribution is -2.50. The van der Waals surface area contributed by atoms with E-state index in [1.165, 1.54) is 15.6 Å². The summed E-state index contributed by atoms with van der Waals surface area (Å²) in [5.74, 6) is -0.437. The monoisotopic (exact) mass is 359 g/mol. The van der Waals surface area contributed by atoms with Gasteiger partial charge in [-0.2, -0.15) is 4.31 Å². The van der Waals surface area contributed by atoms with Crippen LogP contribution in [0.15, 0.2) is 16.3 Å². The molecule has 0 radical (unpaired) electrons. The molecule has 1 aromatic heterocycles. The molecular formula is C15H25N3O3S2. The summed E-state index contributed by atoms with van der Waals surface area (Å²) in [6.45, 7) is 6.62. The number of carbonyl (C=O) groups excluding carboxylic acids is 1. The zero-order chi connectivity index (χ0) is 17.3. The molecule has 1 atom stereocenters. The minimum atomic E-state index is -3.50. The highest BCUT2D eigenvalue weighted by Gasteiger charge is 2.34. The summed E-state index contributed by atoms with van der Waals surface area (Å²) in [6, 6.07) is 3.44. The van der Waals surface area contributed by atoms with Crippen LogP contribution in [0.3, 0.4) is 0 Å². The highest BCUT2D eigenvalue weighted by molar-refractivity contribution is 7.91. The Hall–Kier alpha value is -0.960. The first kappa shape index (κ1) is 18.4. The first-order valence-corrected chi connectivity index (χ1v) is 9.98. The molecule has 1 aliphatic heterocycles. The molecule has 3 N–H and O–H groups in total. The molecular weight excluding hydrogens is 334 g/mol. The fourth-order valence-electron chi connectivity index (χ4n) is 2.51. The Labute approximate surface area is 142 Å². The fraction of sp³-hybridized carbons (Fsp3) is 0.667. The lowest BCUT2D eigenvalue weighted by molar-refractivity contribution is -0.126. The van der Waals surface area contributed by atoms with Crippen molar-refractivity contribution in [2.24, 2.45) is 11.7 Å². The molecule has 0 bridgehead atoms. The average molecular weight is 360 g/mol. The van der Waals surface area contributed by atoms with E-state index in [4.69, 9.17) is 5.73 Å². The van der Waals surface area contributed by atoms with Gasteiger partial charge in [0, 0.05) is 30.1 Å². The summed E-state index contributed by atoms with van der Waals surface area (Å²) in [5, 5.41) is 2.83. The maximum Gasteiger partial charge on any atom is 0.252 e. The van der Waals surface area contributed by atoms with Gasteiger partial charge >= 0.3 is 0 Å². The Balaban J connectivity index is 2.04. The van der Waals surface area contributed by atoms with Gasteiger partial charge in [-0.05, 0) is 45.7 Å². The van der Waals surface area contributed by atoms with Gasteiger partial charge in [-0.25, -0.2) is 8.42 Å². The molecule has 0 aliphatic carbocycles. The molecule has 6 nitrogen and oxygen atoms in total. The van der Waals surface area contributed by atoms with Crippen LogP contribution in [-0.2, 0) is 14.8 Å². The normalized spacial score (nSPS) is 20.4. The van der Waals surface area contributed by atoms with E-state index in [1.54, 1.807) is 12.1 Å². The van der Waals surface area contributed by atoms with Crippen LogP contribution >= 0.6 is 11.3 Å². The minimum absolute atomic E-state index is 0.120. The first-order chi connectivity index (χ1) is 10.6. The van der Waals surface area contributed by atoms with E-state index in [1.807, 2.05) is 20.8 Å². The van der Waals surface area contributed by atoms with E-state index in [-0.39, 0.29) is 18.4 Å². The molecule has 2 heterocycles. The Kier molecular flexibility index (Phi) is 5.50. The zero-order valence-corrected chi connectivity index (χ0v) is 15.5. The van der Waals surface area contributed by atoms with Gasteiger partial charge in [0.05, 0.1) is 5.92 Å². The molecule has 8 heteroatoms. The SMILES string of the molecule is Cc1ccc(S(=O)(=O)N2CCCC(C(=O)NCC(C)(C)N)C2)s1. The molecule has 1 fully saturated rings. The Morgan fingerprint density at radius 3 is 2.74 bits per heavy atom. The number of aryl methyl sites for hydroxylation is 1. The summed E-state index contributed by atoms with van der Waals surface area (Å²) in [6.07, 6.45) is 1.39. The standard InChI is InChI=1S/C15H25N3O3S2/c1-11-6-7-13(22-11)23(20,21)18-8-4-5-12(9-18)14(19)17-10-15(2,3)16/h6-7,12H,4-5,8-10,16H2,1-3H3,(H,17,19). The second kappa shape index (κ2) is 6.88. The molecule has 0 spiro atoms. The molecule has 23 heavy (non-hydrogen) atoms. The van der Waals surface area contributed by atoms with Crippen molar-refractivity contribution in [2.45, 2.75) is 43.4 Å². The van der Waals surface area contributed by atoms with E-state index in [0.29, 0.717) is 30.1 Å². The van der Waals surface area contributed by atoms with Gasteiger partial charge in [-0.1, -0.05) is 0 Å². The number of amides is 1. The summed E-state index contributed by atoms with van der Waals surface area (Å²) < 4.78 is 27.1. The number of nitrogens with one attached hydrogen (secondary N) is 1. The van der Waals surface area contributed by atoms with Gasteiger partial charge in [0.25, 0.3) is 10.0 Å². The van der Waals surface area contributed by atoms with E-state index in [2.05, 4.69) is 5.32 Å². The third kappa shape index (κ3) is 4.76. The highest BCUT2D eigenvalue weighted by Crippen LogP contribution is 2.28. The number of piperidine rings is 1. The van der Waals surface area contributed by atoms with Crippen molar-refractivity contribution >= 4 is 27.3 Å². The molecule has 1 aromatic rings. The zero-order valence-electron chi connectivity index (χ0n) is 13.8. The summed E-state index contributed by atoms with van der Waals surface area (Å²) in [7, 11) is -3.50. The third-order valence-electron chi connectivity index (χ3n) is 3.78. The number of nitrogens with zero attached hydrogens (tertiary/aromatic N) is 1. The second-order valence-corrected chi connectivity index (χ2v) is 10.2. The van der Waals surface area contributed by atoms with E-state index in [0.717, 1.165) is 4.88 Å². The van der Waals surface area contributed by atoms with Gasteiger partial charge in [0.2, 0.25) is 5.91 Å². The fourth-order valence-corrected chi connectivity index (χ4v) is 5.47. The number of thiophene rings is 1. The smallest absolute Gasteiger partial charge is 0.252 e. The first-order valence-electron chi connectivity index (χ1n) is 7.73. The molecule has 0 saturated carbocycles. The Morgan fingerprint density at radius 1 is 1.48 bits per heavy atom. The summed E-state index contributed by atoms with van der Waals surface area (Å²) in [4.78, 5) is 13.2. The highest BCUT2D eigenvalue weighted by atomic mass is 32.2. The number of nitrogens with two attached hydrogens (primary N) is 1. The van der Waals surface area contributed by atoms with Crippen LogP contribution in [0.4, 0.5) is 0 Å². The molecule has 2 rings (SSSR count). The van der Waals surface area contributed by atoms with Gasteiger partial charge in [-0.15, -0.1) is 11.3 Å². The molecule has 1 saturated heterocycles. The maximum atomic E-state index is 12.7. The molecule has 0 aromatic carbocycles. The van der Waals surface area contributed by atoms with Crippen molar-refractivity contribution in [1.82, 2.24) is 9.62 Å². The van der Waals surface area contributed by atoms with Crippen LogP contribution in [0.5, 0.6) is 0 Å². The lowest BCUT2D eigenvalue weighted by atomic mass is 9.98. The Morgan fingerprint density at radius 2 is 2.17 bits per heavy atom. The summed E-state index contributed by atoms with van der Waals surface area (Å²) >= 11 is 1.26. The van der Waals surface area contributed by atoms with Crippen molar-refractivity contribution in [3.63, 3.8) is 0 Å². The van der Waals surface area contributed by atoms with Crippen molar-refractivity contribution < 1.29 is 13.2 Å². The summed E-state index contributed by atoms with van der Waals surface area (Å²) in [5.41, 5.74) is 5.39. The largest absolute Gasteiger partial charge is 0.354 e. The predicted molar refractivity (Wildman–Crippen MR) is 91.8 cm³/mol. The van der Waals surface area contributed by atoms with E-state index >= 15 is 0 Å². The van der Waals surface area contributed by atoms with Crippen molar-refractivity contribution in [3.05, 3.63) is 17.0 Å². The number of sulfonamides is 1. The molecule has 1 amide bonds.